The molecule has 0 saturated heterocycles. The lowest BCUT2D eigenvalue weighted by atomic mass is 10.0. The average Bonchev–Trinajstić information content (AvgIpc) is 3.49. The van der Waals surface area contributed by atoms with E-state index in [0.717, 1.165) is 27.8 Å². The summed E-state index contributed by atoms with van der Waals surface area (Å²) >= 11 is 0. The lowest BCUT2D eigenvalue weighted by Gasteiger charge is -2.08. The first-order valence-electron chi connectivity index (χ1n) is 11.8. The second-order valence-corrected chi connectivity index (χ2v) is 9.35. The zero-order valence-corrected chi connectivity index (χ0v) is 20.6. The van der Waals surface area contributed by atoms with Crippen molar-refractivity contribution in [2.45, 2.75) is 40.5 Å². The number of benzene rings is 3. The summed E-state index contributed by atoms with van der Waals surface area (Å²) in [5, 5.41) is 2.98. The molecule has 176 valence electrons. The van der Waals surface area contributed by atoms with Gasteiger partial charge in [-0.05, 0) is 91.4 Å². The first kappa shape index (κ1) is 22.7. The maximum atomic E-state index is 13.0. The van der Waals surface area contributed by atoms with E-state index in [0.29, 0.717) is 23.3 Å². The highest BCUT2D eigenvalue weighted by molar-refractivity contribution is 6.03. The Labute approximate surface area is 204 Å². The molecule has 5 rings (SSSR count). The number of nitrogens with one attached hydrogen (secondary N) is 1. The molecule has 0 aliphatic rings. The Hall–Kier alpha value is -4.12. The smallest absolute Gasteiger partial charge is 0.291 e. The third-order valence-corrected chi connectivity index (χ3v) is 6.43. The fraction of sp³-hybridized carbons (Fsp3) is 0.200. The number of rotatable bonds is 5. The zero-order valence-electron chi connectivity index (χ0n) is 20.6. The Morgan fingerprint density at radius 2 is 1.57 bits per heavy atom. The van der Waals surface area contributed by atoms with Crippen LogP contribution >= 0.6 is 0 Å². The summed E-state index contributed by atoms with van der Waals surface area (Å²) in [7, 11) is 0. The minimum Gasteiger partial charge on any atom is -0.451 e. The first-order chi connectivity index (χ1) is 16.8. The summed E-state index contributed by atoms with van der Waals surface area (Å²) in [6, 6.07) is 21.5. The van der Waals surface area contributed by atoms with E-state index in [4.69, 9.17) is 8.83 Å². The Balaban J connectivity index is 1.40. The Kier molecular flexibility index (Phi) is 5.77. The minimum absolute atomic E-state index is 0.256. The van der Waals surface area contributed by atoms with E-state index in [-0.39, 0.29) is 11.7 Å². The van der Waals surface area contributed by atoms with Crippen LogP contribution in [0, 0.1) is 20.8 Å². The molecule has 0 unspecified atom stereocenters. The molecule has 0 aliphatic carbocycles. The number of nitrogens with zero attached hydrogens (tertiary/aromatic N) is 1. The number of anilines is 1. The molecule has 2 aromatic heterocycles. The van der Waals surface area contributed by atoms with Crippen molar-refractivity contribution in [1.29, 1.82) is 0 Å². The molecule has 0 saturated carbocycles. The number of carbonyl (C=O) groups is 1. The van der Waals surface area contributed by atoms with Gasteiger partial charge in [0.05, 0.1) is 0 Å². The molecule has 5 heteroatoms. The SMILES string of the molecule is Cc1ccc(-c2ccc(C(=O)Nc3cc(-c4nc5cc(C(C)C)ccc5o4)ccc3C)o2)cc1C. The van der Waals surface area contributed by atoms with Crippen molar-refractivity contribution in [2.24, 2.45) is 0 Å². The zero-order chi connectivity index (χ0) is 24.7. The van der Waals surface area contributed by atoms with Crippen LogP contribution in [0.2, 0.25) is 0 Å². The van der Waals surface area contributed by atoms with Gasteiger partial charge < -0.3 is 14.2 Å². The molecule has 5 aromatic rings. The largest absolute Gasteiger partial charge is 0.451 e. The molecular formula is C30H28N2O3. The van der Waals surface area contributed by atoms with E-state index in [2.05, 4.69) is 62.3 Å². The molecule has 35 heavy (non-hydrogen) atoms. The molecule has 1 N–H and O–H groups in total. The van der Waals surface area contributed by atoms with Crippen LogP contribution in [0.4, 0.5) is 5.69 Å². The number of oxazole rings is 1. The van der Waals surface area contributed by atoms with Gasteiger partial charge in [0.25, 0.3) is 5.91 Å². The standard InChI is InChI=1S/C30H28N2O3/c1-17(2)21-10-11-27-25(15-21)32-30(35-27)23-9-7-19(4)24(16-23)31-29(33)28-13-12-26(34-28)22-8-6-18(3)20(5)14-22/h6-17H,1-5H3,(H,31,33). The Morgan fingerprint density at radius 3 is 2.34 bits per heavy atom. The number of hydrogen-bond donors (Lipinski definition) is 1. The molecule has 3 aromatic carbocycles. The van der Waals surface area contributed by atoms with Crippen molar-refractivity contribution in [3.63, 3.8) is 0 Å². The Morgan fingerprint density at radius 1 is 0.800 bits per heavy atom. The monoisotopic (exact) mass is 464 g/mol. The van der Waals surface area contributed by atoms with Gasteiger partial charge in [-0.1, -0.05) is 38.1 Å². The van der Waals surface area contributed by atoms with Crippen LogP contribution in [-0.4, -0.2) is 10.9 Å². The maximum Gasteiger partial charge on any atom is 0.291 e. The molecule has 2 heterocycles. The topological polar surface area (TPSA) is 68.3 Å². The predicted octanol–water partition coefficient (Wildman–Crippen LogP) is 8.06. The number of aromatic nitrogens is 1. The molecule has 0 aliphatic heterocycles. The summed E-state index contributed by atoms with van der Waals surface area (Å²) in [6.07, 6.45) is 0. The van der Waals surface area contributed by atoms with E-state index in [1.165, 1.54) is 16.7 Å². The number of hydrogen-bond acceptors (Lipinski definition) is 4. The quantitative estimate of drug-likeness (QED) is 0.286. The molecule has 0 bridgehead atoms. The van der Waals surface area contributed by atoms with Crippen LogP contribution in [0.15, 0.2) is 75.6 Å². The van der Waals surface area contributed by atoms with Crippen molar-refractivity contribution in [2.75, 3.05) is 5.32 Å². The number of carbonyl (C=O) groups excluding carboxylic acids is 1. The van der Waals surface area contributed by atoms with Crippen molar-refractivity contribution < 1.29 is 13.6 Å². The first-order valence-corrected chi connectivity index (χ1v) is 11.8. The van der Waals surface area contributed by atoms with Crippen LogP contribution < -0.4 is 5.32 Å². The van der Waals surface area contributed by atoms with E-state index in [1.54, 1.807) is 6.07 Å². The van der Waals surface area contributed by atoms with Gasteiger partial charge in [0.2, 0.25) is 5.89 Å². The third kappa shape index (κ3) is 4.50. The highest BCUT2D eigenvalue weighted by Crippen LogP contribution is 2.30. The normalized spacial score (nSPS) is 11.4. The molecule has 0 atom stereocenters. The van der Waals surface area contributed by atoms with E-state index in [1.807, 2.05) is 43.3 Å². The van der Waals surface area contributed by atoms with Gasteiger partial charge in [0, 0.05) is 16.8 Å². The Bertz CT molecular complexity index is 1560. The summed E-state index contributed by atoms with van der Waals surface area (Å²) in [4.78, 5) is 17.7. The summed E-state index contributed by atoms with van der Waals surface area (Å²) in [5.41, 5.74) is 8.53. The van der Waals surface area contributed by atoms with Gasteiger partial charge >= 0.3 is 0 Å². The predicted molar refractivity (Wildman–Crippen MR) is 140 cm³/mol. The van der Waals surface area contributed by atoms with Crippen LogP contribution in [0.1, 0.15) is 52.6 Å². The van der Waals surface area contributed by atoms with E-state index in [9.17, 15) is 4.79 Å². The van der Waals surface area contributed by atoms with Crippen LogP contribution in [0.25, 0.3) is 33.9 Å². The van der Waals surface area contributed by atoms with Crippen molar-refractivity contribution in [1.82, 2.24) is 4.98 Å². The number of furan rings is 1. The number of fused-ring (bicyclic) bond motifs is 1. The van der Waals surface area contributed by atoms with Crippen LogP contribution in [-0.2, 0) is 0 Å². The number of amides is 1. The lowest BCUT2D eigenvalue weighted by Crippen LogP contribution is -2.11. The average molecular weight is 465 g/mol. The lowest BCUT2D eigenvalue weighted by molar-refractivity contribution is 0.0997. The van der Waals surface area contributed by atoms with Crippen molar-refractivity contribution >= 4 is 22.7 Å². The number of aryl methyl sites for hydroxylation is 3. The highest BCUT2D eigenvalue weighted by Gasteiger charge is 2.16. The fourth-order valence-electron chi connectivity index (χ4n) is 4.01. The summed E-state index contributed by atoms with van der Waals surface area (Å²) in [5.74, 6) is 1.55. The van der Waals surface area contributed by atoms with Gasteiger partial charge in [-0.3, -0.25) is 4.79 Å². The molecule has 0 radical (unpaired) electrons. The minimum atomic E-state index is -0.306. The molecular weight excluding hydrogens is 436 g/mol. The van der Waals surface area contributed by atoms with Gasteiger partial charge in [-0.2, -0.15) is 0 Å². The molecule has 1 amide bonds. The second kappa shape index (κ2) is 8.91. The summed E-state index contributed by atoms with van der Waals surface area (Å²) < 4.78 is 11.9. The molecule has 0 spiro atoms. The highest BCUT2D eigenvalue weighted by atomic mass is 16.4. The van der Waals surface area contributed by atoms with Gasteiger partial charge in [0.15, 0.2) is 11.3 Å². The van der Waals surface area contributed by atoms with Gasteiger partial charge in [-0.15, -0.1) is 0 Å². The van der Waals surface area contributed by atoms with Gasteiger partial charge in [0.1, 0.15) is 11.3 Å². The molecule has 5 nitrogen and oxygen atoms in total. The van der Waals surface area contributed by atoms with E-state index < -0.39 is 0 Å². The van der Waals surface area contributed by atoms with Crippen molar-refractivity contribution in [3.8, 4) is 22.8 Å². The molecule has 0 fully saturated rings. The van der Waals surface area contributed by atoms with Gasteiger partial charge in [-0.25, -0.2) is 4.98 Å². The van der Waals surface area contributed by atoms with Crippen molar-refractivity contribution in [3.05, 3.63) is 94.7 Å². The second-order valence-electron chi connectivity index (χ2n) is 9.35. The fourth-order valence-corrected chi connectivity index (χ4v) is 4.01. The van der Waals surface area contributed by atoms with Crippen LogP contribution in [0.3, 0.4) is 0 Å². The summed E-state index contributed by atoms with van der Waals surface area (Å²) in [6.45, 7) is 10.4. The maximum absolute atomic E-state index is 13.0. The van der Waals surface area contributed by atoms with E-state index >= 15 is 0 Å². The van der Waals surface area contributed by atoms with Crippen LogP contribution in [0.5, 0.6) is 0 Å². The third-order valence-electron chi connectivity index (χ3n) is 6.43.